The first-order valence-electron chi connectivity index (χ1n) is 4.87. The Kier molecular flexibility index (Phi) is 2.72. The van der Waals surface area contributed by atoms with Gasteiger partial charge < -0.3 is 4.57 Å². The molecule has 0 radical (unpaired) electrons. The maximum Gasteiger partial charge on any atom is 0.319 e. The van der Waals surface area contributed by atoms with E-state index in [0.717, 1.165) is 16.0 Å². The molecule has 0 aliphatic carbocycles. The van der Waals surface area contributed by atoms with Gasteiger partial charge >= 0.3 is 6.55 Å². The number of aromatic nitrogens is 4. The van der Waals surface area contributed by atoms with Crippen LogP contribution in [0.3, 0.4) is 0 Å². The molecule has 0 spiro atoms. The molecule has 0 aliphatic heterocycles. The van der Waals surface area contributed by atoms with Crippen molar-refractivity contribution in [3.05, 3.63) is 35.9 Å². The Morgan fingerprint density at radius 1 is 1.31 bits per heavy atom. The summed E-state index contributed by atoms with van der Waals surface area (Å²) in [4.78, 5) is 8.03. The first kappa shape index (κ1) is 10.8. The van der Waals surface area contributed by atoms with Crippen LogP contribution in [0.2, 0.25) is 0 Å². The lowest BCUT2D eigenvalue weighted by Gasteiger charge is -2.08. The molecule has 2 aromatic rings. The van der Waals surface area contributed by atoms with Crippen molar-refractivity contribution in [2.75, 3.05) is 0 Å². The van der Waals surface area contributed by atoms with Crippen LogP contribution in [0.15, 0.2) is 18.7 Å². The van der Waals surface area contributed by atoms with Crippen LogP contribution in [-0.2, 0) is 6.54 Å². The van der Waals surface area contributed by atoms with Crippen molar-refractivity contribution < 1.29 is 8.78 Å². The third-order valence-electron chi connectivity index (χ3n) is 2.62. The van der Waals surface area contributed by atoms with Crippen molar-refractivity contribution in [1.29, 1.82) is 0 Å². The Labute approximate surface area is 91.6 Å². The average molecular weight is 226 g/mol. The summed E-state index contributed by atoms with van der Waals surface area (Å²) < 4.78 is 27.8. The van der Waals surface area contributed by atoms with Gasteiger partial charge in [0, 0.05) is 18.1 Å². The molecule has 0 bridgehead atoms. The predicted molar refractivity (Wildman–Crippen MR) is 54.3 cm³/mol. The smallest absolute Gasteiger partial charge is 0.319 e. The Hall–Kier alpha value is -1.72. The number of imidazole rings is 2. The fraction of sp³-hybridized carbons (Fsp3) is 0.400. The zero-order valence-corrected chi connectivity index (χ0v) is 9.06. The van der Waals surface area contributed by atoms with E-state index < -0.39 is 6.55 Å². The van der Waals surface area contributed by atoms with Crippen molar-refractivity contribution in [2.24, 2.45) is 0 Å². The summed E-state index contributed by atoms with van der Waals surface area (Å²) in [6.45, 7) is 1.54. The Balaban J connectivity index is 2.27. The van der Waals surface area contributed by atoms with Crippen LogP contribution in [0.25, 0.3) is 0 Å². The molecule has 2 heterocycles. The molecule has 0 saturated carbocycles. The van der Waals surface area contributed by atoms with E-state index in [2.05, 4.69) is 9.97 Å². The zero-order valence-electron chi connectivity index (χ0n) is 9.06. The standard InChI is InChI=1S/C10H12F2N4/c1-7-8(2)15(6-14-7)5-9-13-3-4-16(9)10(11)12/h3-4,6,10H,5H2,1-2H3. The molecular weight excluding hydrogens is 214 g/mol. The molecular formula is C10H12F2N4. The van der Waals surface area contributed by atoms with E-state index in [1.807, 2.05) is 13.8 Å². The number of halogens is 2. The Morgan fingerprint density at radius 2 is 2.06 bits per heavy atom. The van der Waals surface area contributed by atoms with E-state index in [4.69, 9.17) is 0 Å². The van der Waals surface area contributed by atoms with Crippen LogP contribution in [0.4, 0.5) is 8.78 Å². The van der Waals surface area contributed by atoms with E-state index in [1.165, 1.54) is 12.4 Å². The van der Waals surface area contributed by atoms with Gasteiger partial charge in [-0.15, -0.1) is 0 Å². The molecule has 0 saturated heterocycles. The van der Waals surface area contributed by atoms with Crippen molar-refractivity contribution in [3.63, 3.8) is 0 Å². The normalized spacial score (nSPS) is 11.3. The highest BCUT2D eigenvalue weighted by molar-refractivity contribution is 5.10. The molecule has 0 unspecified atom stereocenters. The first-order chi connectivity index (χ1) is 7.59. The summed E-state index contributed by atoms with van der Waals surface area (Å²) in [5.41, 5.74) is 1.86. The van der Waals surface area contributed by atoms with Crippen LogP contribution in [0, 0.1) is 13.8 Å². The number of aryl methyl sites for hydroxylation is 1. The molecule has 0 aromatic carbocycles. The highest BCUT2D eigenvalue weighted by atomic mass is 19.3. The van der Waals surface area contributed by atoms with Crippen molar-refractivity contribution in [3.8, 4) is 0 Å². The fourth-order valence-electron chi connectivity index (χ4n) is 1.50. The number of alkyl halides is 2. The molecule has 0 fully saturated rings. The average Bonchev–Trinajstić information content (AvgIpc) is 2.80. The molecule has 0 aliphatic rings. The largest absolute Gasteiger partial charge is 0.327 e. The number of nitrogens with zero attached hydrogens (tertiary/aromatic N) is 4. The summed E-state index contributed by atoms with van der Waals surface area (Å²) in [5.74, 6) is 0.329. The Morgan fingerprint density at radius 3 is 2.62 bits per heavy atom. The van der Waals surface area contributed by atoms with Gasteiger partial charge in [0.1, 0.15) is 5.82 Å². The lowest BCUT2D eigenvalue weighted by molar-refractivity contribution is 0.0667. The fourth-order valence-corrected chi connectivity index (χ4v) is 1.50. The zero-order chi connectivity index (χ0) is 11.7. The summed E-state index contributed by atoms with van der Waals surface area (Å²) in [7, 11) is 0. The van der Waals surface area contributed by atoms with Crippen LogP contribution in [0.5, 0.6) is 0 Å². The summed E-state index contributed by atoms with van der Waals surface area (Å²) in [6, 6.07) is 0. The van der Waals surface area contributed by atoms with Crippen LogP contribution in [-0.4, -0.2) is 19.1 Å². The van der Waals surface area contributed by atoms with Gasteiger partial charge in [0.2, 0.25) is 0 Å². The minimum absolute atomic E-state index is 0.310. The van der Waals surface area contributed by atoms with Gasteiger partial charge in [-0.25, -0.2) is 9.97 Å². The van der Waals surface area contributed by atoms with Gasteiger partial charge in [0.25, 0.3) is 0 Å². The number of rotatable bonds is 3. The third-order valence-corrected chi connectivity index (χ3v) is 2.62. The second-order valence-corrected chi connectivity index (χ2v) is 3.57. The van der Waals surface area contributed by atoms with Gasteiger partial charge in [0.15, 0.2) is 0 Å². The molecule has 6 heteroatoms. The monoisotopic (exact) mass is 226 g/mol. The molecule has 2 aromatic heterocycles. The van der Waals surface area contributed by atoms with E-state index >= 15 is 0 Å². The van der Waals surface area contributed by atoms with Crippen molar-refractivity contribution in [2.45, 2.75) is 26.9 Å². The lowest BCUT2D eigenvalue weighted by atomic mass is 10.4. The highest BCUT2D eigenvalue weighted by Crippen LogP contribution is 2.14. The van der Waals surface area contributed by atoms with Gasteiger partial charge in [-0.1, -0.05) is 0 Å². The Bertz CT molecular complexity index is 487. The maximum absolute atomic E-state index is 12.6. The van der Waals surface area contributed by atoms with Gasteiger partial charge in [0.05, 0.1) is 18.6 Å². The maximum atomic E-state index is 12.6. The van der Waals surface area contributed by atoms with E-state index in [1.54, 1.807) is 10.9 Å². The molecule has 0 atom stereocenters. The van der Waals surface area contributed by atoms with Crippen molar-refractivity contribution >= 4 is 0 Å². The number of hydrogen-bond donors (Lipinski definition) is 0. The quantitative estimate of drug-likeness (QED) is 0.803. The highest BCUT2D eigenvalue weighted by Gasteiger charge is 2.12. The SMILES string of the molecule is Cc1ncn(Cc2nccn2C(F)F)c1C. The first-order valence-corrected chi connectivity index (χ1v) is 4.87. The lowest BCUT2D eigenvalue weighted by Crippen LogP contribution is -2.09. The second-order valence-electron chi connectivity index (χ2n) is 3.57. The summed E-state index contributed by atoms with van der Waals surface area (Å²) >= 11 is 0. The second kappa shape index (κ2) is 4.03. The van der Waals surface area contributed by atoms with Gasteiger partial charge in [-0.2, -0.15) is 8.78 Å². The van der Waals surface area contributed by atoms with Gasteiger partial charge in [-0.3, -0.25) is 4.57 Å². The van der Waals surface area contributed by atoms with Crippen LogP contribution >= 0.6 is 0 Å². The van der Waals surface area contributed by atoms with Gasteiger partial charge in [-0.05, 0) is 13.8 Å². The molecule has 16 heavy (non-hydrogen) atoms. The van der Waals surface area contributed by atoms with E-state index in [9.17, 15) is 8.78 Å². The molecule has 4 nitrogen and oxygen atoms in total. The van der Waals surface area contributed by atoms with Crippen LogP contribution < -0.4 is 0 Å². The topological polar surface area (TPSA) is 35.6 Å². The third kappa shape index (κ3) is 1.82. The molecule has 0 N–H and O–H groups in total. The predicted octanol–water partition coefficient (Wildman–Crippen LogP) is 2.14. The summed E-state index contributed by atoms with van der Waals surface area (Å²) in [5, 5.41) is 0. The minimum atomic E-state index is -2.55. The molecule has 86 valence electrons. The molecule has 2 rings (SSSR count). The number of hydrogen-bond acceptors (Lipinski definition) is 2. The van der Waals surface area contributed by atoms with E-state index in [-0.39, 0.29) is 0 Å². The molecule has 0 amide bonds. The summed E-state index contributed by atoms with van der Waals surface area (Å²) in [6.07, 6.45) is 4.29. The van der Waals surface area contributed by atoms with Crippen LogP contribution in [0.1, 0.15) is 23.8 Å². The van der Waals surface area contributed by atoms with E-state index in [0.29, 0.717) is 12.4 Å². The van der Waals surface area contributed by atoms with Crippen molar-refractivity contribution in [1.82, 2.24) is 19.1 Å². The minimum Gasteiger partial charge on any atom is -0.327 e.